The van der Waals surface area contributed by atoms with Crippen molar-refractivity contribution >= 4 is 11.6 Å². The van der Waals surface area contributed by atoms with Gasteiger partial charge in [0.15, 0.2) is 18.2 Å². The van der Waals surface area contributed by atoms with Crippen LogP contribution in [0.2, 0.25) is 0 Å². The van der Waals surface area contributed by atoms with E-state index in [9.17, 15) is 18.7 Å². The van der Waals surface area contributed by atoms with Crippen molar-refractivity contribution in [2.24, 2.45) is 5.10 Å². The van der Waals surface area contributed by atoms with E-state index in [1.165, 1.54) is 6.07 Å². The summed E-state index contributed by atoms with van der Waals surface area (Å²) in [4.78, 5) is 11.6. The third-order valence-corrected chi connectivity index (χ3v) is 2.89. The quantitative estimate of drug-likeness (QED) is 0.657. The fourth-order valence-electron chi connectivity index (χ4n) is 1.75. The molecule has 2 rings (SSSR count). The molecule has 0 aliphatic carbocycles. The number of benzene rings is 2. The third-order valence-electron chi connectivity index (χ3n) is 2.89. The molecule has 0 fully saturated rings. The molecule has 0 unspecified atom stereocenters. The van der Waals surface area contributed by atoms with Crippen molar-refractivity contribution in [3.63, 3.8) is 0 Å². The highest BCUT2D eigenvalue weighted by atomic mass is 19.1. The van der Waals surface area contributed by atoms with Crippen molar-refractivity contribution < 1.29 is 23.4 Å². The van der Waals surface area contributed by atoms with Gasteiger partial charge in [0, 0.05) is 11.6 Å². The Labute approximate surface area is 131 Å². The van der Waals surface area contributed by atoms with Gasteiger partial charge >= 0.3 is 0 Å². The molecule has 0 atom stereocenters. The molecule has 0 spiro atoms. The topological polar surface area (TPSA) is 70.9 Å². The SMILES string of the molecule is C/C(=N\NC(=O)COc1ccc(F)cc1F)c1ccccc1O. The van der Waals surface area contributed by atoms with Crippen LogP contribution in [0.3, 0.4) is 0 Å². The summed E-state index contributed by atoms with van der Waals surface area (Å²) in [5, 5.41) is 13.5. The molecule has 5 nitrogen and oxygen atoms in total. The second-order valence-electron chi connectivity index (χ2n) is 4.61. The zero-order valence-corrected chi connectivity index (χ0v) is 12.2. The minimum Gasteiger partial charge on any atom is -0.507 e. The van der Waals surface area contributed by atoms with Gasteiger partial charge in [-0.2, -0.15) is 5.10 Å². The Hall–Kier alpha value is -2.96. The number of carbonyl (C=O) groups is 1. The largest absolute Gasteiger partial charge is 0.507 e. The van der Waals surface area contributed by atoms with Crippen molar-refractivity contribution in [3.05, 3.63) is 59.7 Å². The molecule has 23 heavy (non-hydrogen) atoms. The summed E-state index contributed by atoms with van der Waals surface area (Å²) >= 11 is 0. The number of phenolic OH excluding ortho intramolecular Hbond substituents is 1. The van der Waals surface area contributed by atoms with E-state index in [4.69, 9.17) is 4.74 Å². The maximum absolute atomic E-state index is 13.3. The summed E-state index contributed by atoms with van der Waals surface area (Å²) in [6, 6.07) is 9.30. The van der Waals surface area contributed by atoms with Crippen molar-refractivity contribution in [2.75, 3.05) is 6.61 Å². The van der Waals surface area contributed by atoms with Gasteiger partial charge in [-0.1, -0.05) is 12.1 Å². The lowest BCUT2D eigenvalue weighted by molar-refractivity contribution is -0.123. The first-order valence-electron chi connectivity index (χ1n) is 6.66. The molecule has 0 aliphatic heterocycles. The molecule has 0 heterocycles. The maximum Gasteiger partial charge on any atom is 0.277 e. The van der Waals surface area contributed by atoms with E-state index in [2.05, 4.69) is 10.5 Å². The summed E-state index contributed by atoms with van der Waals surface area (Å²) in [5.41, 5.74) is 3.09. The predicted octanol–water partition coefficient (Wildman–Crippen LogP) is 2.59. The lowest BCUT2D eigenvalue weighted by atomic mass is 10.1. The molecule has 120 valence electrons. The maximum atomic E-state index is 13.3. The van der Waals surface area contributed by atoms with Crippen LogP contribution in [0.5, 0.6) is 11.5 Å². The fourth-order valence-corrected chi connectivity index (χ4v) is 1.75. The van der Waals surface area contributed by atoms with Crippen LogP contribution in [0.1, 0.15) is 12.5 Å². The van der Waals surface area contributed by atoms with Gasteiger partial charge in [-0.15, -0.1) is 0 Å². The average Bonchev–Trinajstić information content (AvgIpc) is 2.52. The number of aromatic hydroxyl groups is 1. The molecule has 1 amide bonds. The Morgan fingerprint density at radius 1 is 1.26 bits per heavy atom. The number of para-hydroxylation sites is 1. The first kappa shape index (κ1) is 16.4. The number of hydrazone groups is 1. The highest BCUT2D eigenvalue weighted by molar-refractivity contribution is 6.01. The van der Waals surface area contributed by atoms with Crippen LogP contribution in [-0.4, -0.2) is 23.3 Å². The van der Waals surface area contributed by atoms with E-state index in [0.717, 1.165) is 12.1 Å². The molecule has 2 aromatic carbocycles. The van der Waals surface area contributed by atoms with E-state index in [-0.39, 0.29) is 11.5 Å². The molecule has 2 aromatic rings. The number of ether oxygens (including phenoxy) is 1. The monoisotopic (exact) mass is 320 g/mol. The van der Waals surface area contributed by atoms with Gasteiger partial charge in [0.25, 0.3) is 5.91 Å². The molecule has 0 aromatic heterocycles. The highest BCUT2D eigenvalue weighted by Crippen LogP contribution is 2.17. The van der Waals surface area contributed by atoms with Crippen LogP contribution in [0.25, 0.3) is 0 Å². The zero-order valence-electron chi connectivity index (χ0n) is 12.2. The average molecular weight is 320 g/mol. The molecule has 7 heteroatoms. The number of nitrogens with zero attached hydrogens (tertiary/aromatic N) is 1. The summed E-state index contributed by atoms with van der Waals surface area (Å²) in [6.45, 7) is 1.12. The zero-order chi connectivity index (χ0) is 16.8. The molecule has 2 N–H and O–H groups in total. The Balaban J connectivity index is 1.92. The number of hydrogen-bond acceptors (Lipinski definition) is 4. The van der Waals surface area contributed by atoms with Crippen molar-refractivity contribution in [1.82, 2.24) is 5.43 Å². The number of phenols is 1. The predicted molar refractivity (Wildman–Crippen MR) is 80.3 cm³/mol. The van der Waals surface area contributed by atoms with Crippen molar-refractivity contribution in [1.29, 1.82) is 0 Å². The minimum atomic E-state index is -0.897. The molecule has 0 bridgehead atoms. The molecule has 0 saturated heterocycles. The van der Waals surface area contributed by atoms with Gasteiger partial charge in [0.1, 0.15) is 11.6 Å². The van der Waals surface area contributed by atoms with Gasteiger partial charge in [0.2, 0.25) is 0 Å². The second-order valence-corrected chi connectivity index (χ2v) is 4.61. The van der Waals surface area contributed by atoms with E-state index in [0.29, 0.717) is 17.3 Å². The van der Waals surface area contributed by atoms with E-state index in [1.807, 2.05) is 0 Å². The molecule has 0 radical (unpaired) electrons. The Bertz CT molecular complexity index is 748. The number of hydrogen-bond donors (Lipinski definition) is 2. The fraction of sp³-hybridized carbons (Fsp3) is 0.125. The second kappa shape index (κ2) is 7.35. The van der Waals surface area contributed by atoms with E-state index < -0.39 is 24.1 Å². The Morgan fingerprint density at radius 3 is 2.70 bits per heavy atom. The Kier molecular flexibility index (Phi) is 5.24. The van der Waals surface area contributed by atoms with Crippen LogP contribution in [0, 0.1) is 11.6 Å². The molecule has 0 saturated carbocycles. The standard InChI is InChI=1S/C16H14F2N2O3/c1-10(12-4-2-3-5-14(12)21)19-20-16(22)9-23-15-7-6-11(17)8-13(15)18/h2-8,21H,9H2,1H3,(H,20,22)/b19-10+. The van der Waals surface area contributed by atoms with E-state index in [1.54, 1.807) is 25.1 Å². The van der Waals surface area contributed by atoms with Gasteiger partial charge < -0.3 is 9.84 Å². The lowest BCUT2D eigenvalue weighted by Crippen LogP contribution is -2.25. The number of rotatable bonds is 5. The smallest absolute Gasteiger partial charge is 0.277 e. The molecular weight excluding hydrogens is 306 g/mol. The third kappa shape index (κ3) is 4.50. The minimum absolute atomic E-state index is 0.0348. The van der Waals surface area contributed by atoms with Crippen LogP contribution in [-0.2, 0) is 4.79 Å². The van der Waals surface area contributed by atoms with Crippen molar-refractivity contribution in [2.45, 2.75) is 6.92 Å². The van der Waals surface area contributed by atoms with Gasteiger partial charge in [-0.3, -0.25) is 4.79 Å². The first-order chi connectivity index (χ1) is 11.0. The van der Waals surface area contributed by atoms with Crippen molar-refractivity contribution in [3.8, 4) is 11.5 Å². The van der Waals surface area contributed by atoms with Crippen LogP contribution in [0.4, 0.5) is 8.78 Å². The summed E-state index contributed by atoms with van der Waals surface area (Å²) in [5.74, 6) is -2.45. The Morgan fingerprint density at radius 2 is 2.00 bits per heavy atom. The molecule has 0 aliphatic rings. The number of amides is 1. The number of carbonyl (C=O) groups excluding carboxylic acids is 1. The van der Waals surface area contributed by atoms with Crippen LogP contribution >= 0.6 is 0 Å². The van der Waals surface area contributed by atoms with Crippen LogP contribution < -0.4 is 10.2 Å². The van der Waals surface area contributed by atoms with Gasteiger partial charge in [-0.05, 0) is 31.2 Å². The van der Waals surface area contributed by atoms with Gasteiger partial charge in [-0.25, -0.2) is 14.2 Å². The summed E-state index contributed by atoms with van der Waals surface area (Å²) < 4.78 is 31.0. The summed E-state index contributed by atoms with van der Waals surface area (Å²) in [7, 11) is 0. The molecular formula is C16H14F2N2O3. The van der Waals surface area contributed by atoms with E-state index >= 15 is 0 Å². The highest BCUT2D eigenvalue weighted by Gasteiger charge is 2.08. The van der Waals surface area contributed by atoms with Gasteiger partial charge in [0.05, 0.1) is 5.71 Å². The summed E-state index contributed by atoms with van der Waals surface area (Å²) in [6.07, 6.45) is 0. The first-order valence-corrected chi connectivity index (χ1v) is 6.66. The normalized spacial score (nSPS) is 11.2. The number of nitrogens with one attached hydrogen (secondary N) is 1. The lowest BCUT2D eigenvalue weighted by Gasteiger charge is -2.07. The van der Waals surface area contributed by atoms with Crippen LogP contribution in [0.15, 0.2) is 47.6 Å². The number of halogens is 2.